The Morgan fingerprint density at radius 3 is 2.63 bits per heavy atom. The average Bonchev–Trinajstić information content (AvgIpc) is 3.35. The summed E-state index contributed by atoms with van der Waals surface area (Å²) in [6, 6.07) is 5.78. The van der Waals surface area contributed by atoms with Gasteiger partial charge >= 0.3 is 10.0 Å². The van der Waals surface area contributed by atoms with Crippen LogP contribution in [0.4, 0.5) is 14.6 Å². The molecule has 0 aliphatic carbocycles. The Morgan fingerprint density at radius 2 is 1.89 bits per heavy atom. The summed E-state index contributed by atoms with van der Waals surface area (Å²) in [5.41, 5.74) is 0.207. The largest absolute Gasteiger partial charge is 0.349 e. The van der Waals surface area contributed by atoms with Crippen LogP contribution in [0.15, 0.2) is 47.8 Å². The van der Waals surface area contributed by atoms with Crippen molar-refractivity contribution in [3.8, 4) is 0 Å². The lowest BCUT2D eigenvalue weighted by molar-refractivity contribution is 0.552. The van der Waals surface area contributed by atoms with Crippen molar-refractivity contribution in [2.24, 2.45) is 7.05 Å². The van der Waals surface area contributed by atoms with Gasteiger partial charge in [0, 0.05) is 25.2 Å². The maximum absolute atomic E-state index is 14.3. The second kappa shape index (κ2) is 6.45. The van der Waals surface area contributed by atoms with E-state index in [4.69, 9.17) is 0 Å². The lowest BCUT2D eigenvalue weighted by atomic mass is 10.0. The van der Waals surface area contributed by atoms with Gasteiger partial charge in [0.15, 0.2) is 5.03 Å². The summed E-state index contributed by atoms with van der Waals surface area (Å²) in [4.78, 5) is 1.75. The number of rotatable bonds is 4. The molecule has 0 bridgehead atoms. The predicted octanol–water partition coefficient (Wildman–Crippen LogP) is 2.47. The van der Waals surface area contributed by atoms with Crippen LogP contribution in [-0.2, 0) is 17.1 Å². The van der Waals surface area contributed by atoms with E-state index in [-0.39, 0.29) is 10.6 Å². The molecule has 0 unspecified atom stereocenters. The molecule has 0 radical (unpaired) electrons. The van der Waals surface area contributed by atoms with Crippen LogP contribution < -0.4 is 4.90 Å². The lowest BCUT2D eigenvalue weighted by Crippen LogP contribution is -2.29. The summed E-state index contributed by atoms with van der Waals surface area (Å²) in [5.74, 6) is -0.745. The molecule has 1 fully saturated rings. The molecule has 1 aliphatic heterocycles. The van der Waals surface area contributed by atoms with Crippen molar-refractivity contribution in [1.82, 2.24) is 19.0 Å². The molecule has 2 aromatic heterocycles. The first-order valence-electron chi connectivity index (χ1n) is 8.39. The Kier molecular flexibility index (Phi) is 4.22. The zero-order valence-electron chi connectivity index (χ0n) is 14.5. The van der Waals surface area contributed by atoms with Gasteiger partial charge < -0.3 is 4.90 Å². The molecule has 1 aliphatic rings. The van der Waals surface area contributed by atoms with Gasteiger partial charge in [-0.25, -0.2) is 8.78 Å². The first-order valence-corrected chi connectivity index (χ1v) is 9.83. The SMILES string of the molecule is Cn1nccc1S(=O)(=O)n1nccc1N1CCC[C@@H]1c1cc(F)ccc1F. The fraction of sp³-hybridized carbons (Fsp3) is 0.294. The Bertz CT molecular complexity index is 1090. The predicted molar refractivity (Wildman–Crippen MR) is 93.7 cm³/mol. The fourth-order valence-corrected chi connectivity index (χ4v) is 4.89. The molecular weight excluding hydrogens is 376 g/mol. The molecule has 10 heteroatoms. The molecule has 0 spiro atoms. The number of nitrogens with zero attached hydrogens (tertiary/aromatic N) is 5. The number of hydrogen-bond acceptors (Lipinski definition) is 5. The van der Waals surface area contributed by atoms with Gasteiger partial charge in [0.25, 0.3) is 0 Å². The van der Waals surface area contributed by atoms with Crippen LogP contribution in [0.25, 0.3) is 0 Å². The normalized spacial score (nSPS) is 17.6. The van der Waals surface area contributed by atoms with Crippen LogP contribution in [0.1, 0.15) is 24.4 Å². The van der Waals surface area contributed by atoms with Crippen molar-refractivity contribution in [3.05, 3.63) is 59.9 Å². The van der Waals surface area contributed by atoms with Crippen molar-refractivity contribution in [2.45, 2.75) is 23.9 Å². The Hall–Kier alpha value is -2.75. The third-order valence-corrected chi connectivity index (χ3v) is 6.39. The molecule has 1 atom stereocenters. The van der Waals surface area contributed by atoms with Crippen LogP contribution in [0.5, 0.6) is 0 Å². The van der Waals surface area contributed by atoms with E-state index >= 15 is 0 Å². The van der Waals surface area contributed by atoms with Crippen LogP contribution in [0.2, 0.25) is 0 Å². The second-order valence-electron chi connectivity index (χ2n) is 6.35. The van der Waals surface area contributed by atoms with Gasteiger partial charge in [0.1, 0.15) is 17.5 Å². The Labute approximate surface area is 154 Å². The van der Waals surface area contributed by atoms with Crippen LogP contribution in [-0.4, -0.2) is 33.9 Å². The summed E-state index contributed by atoms with van der Waals surface area (Å²) in [5, 5.41) is 7.86. The highest BCUT2D eigenvalue weighted by atomic mass is 32.2. The van der Waals surface area contributed by atoms with Crippen molar-refractivity contribution in [3.63, 3.8) is 0 Å². The zero-order chi connectivity index (χ0) is 19.2. The number of benzene rings is 1. The zero-order valence-corrected chi connectivity index (χ0v) is 15.3. The van der Waals surface area contributed by atoms with E-state index in [1.165, 1.54) is 30.2 Å². The molecule has 0 amide bonds. The Morgan fingerprint density at radius 1 is 1.11 bits per heavy atom. The number of anilines is 1. The van der Waals surface area contributed by atoms with Crippen molar-refractivity contribution in [1.29, 1.82) is 0 Å². The minimum atomic E-state index is -3.98. The number of aryl methyl sites for hydroxylation is 1. The lowest BCUT2D eigenvalue weighted by Gasteiger charge is -2.27. The van der Waals surface area contributed by atoms with Crippen LogP contribution >= 0.6 is 0 Å². The quantitative estimate of drug-likeness (QED) is 0.681. The fourth-order valence-electron chi connectivity index (χ4n) is 3.51. The van der Waals surface area contributed by atoms with Gasteiger partial charge in [-0.05, 0) is 37.1 Å². The summed E-state index contributed by atoms with van der Waals surface area (Å²) in [6.45, 7) is 0.507. The van der Waals surface area contributed by atoms with Crippen molar-refractivity contribution >= 4 is 15.8 Å². The monoisotopic (exact) mass is 393 g/mol. The van der Waals surface area contributed by atoms with E-state index in [1.807, 2.05) is 0 Å². The molecule has 27 heavy (non-hydrogen) atoms. The highest BCUT2D eigenvalue weighted by Gasteiger charge is 2.34. The first kappa shape index (κ1) is 17.7. The molecule has 0 N–H and O–H groups in total. The molecule has 7 nitrogen and oxygen atoms in total. The van der Waals surface area contributed by atoms with E-state index in [0.717, 1.165) is 28.7 Å². The molecule has 0 saturated carbocycles. The van der Waals surface area contributed by atoms with E-state index in [0.29, 0.717) is 18.8 Å². The topological polar surface area (TPSA) is 73.0 Å². The van der Waals surface area contributed by atoms with Gasteiger partial charge in [0.2, 0.25) is 0 Å². The molecule has 1 saturated heterocycles. The molecular formula is C17H17F2N5O2S. The standard InChI is InChI=1S/C17H17F2N5O2S/c1-22-17(7-9-20-22)27(25,26)24-16(6-8-21-24)23-10-2-3-15(23)13-11-12(18)4-5-14(13)19/h4-9,11,15H,2-3,10H2,1H3/t15-/m1/s1. The highest BCUT2D eigenvalue weighted by molar-refractivity contribution is 7.89. The van der Waals surface area contributed by atoms with Gasteiger partial charge in [-0.3, -0.25) is 4.68 Å². The van der Waals surface area contributed by atoms with E-state index in [1.54, 1.807) is 11.0 Å². The Balaban J connectivity index is 1.78. The smallest absolute Gasteiger partial charge is 0.302 e. The van der Waals surface area contributed by atoms with Gasteiger partial charge in [-0.15, -0.1) is 4.09 Å². The maximum atomic E-state index is 14.3. The van der Waals surface area contributed by atoms with Crippen LogP contribution in [0, 0.1) is 11.6 Å². The van der Waals surface area contributed by atoms with E-state index in [9.17, 15) is 17.2 Å². The summed E-state index contributed by atoms with van der Waals surface area (Å²) >= 11 is 0. The minimum absolute atomic E-state index is 0.0138. The molecule has 4 rings (SSSR count). The van der Waals surface area contributed by atoms with Crippen molar-refractivity contribution < 1.29 is 17.2 Å². The number of aromatic nitrogens is 4. The van der Waals surface area contributed by atoms with Gasteiger partial charge in [-0.2, -0.15) is 18.6 Å². The second-order valence-corrected chi connectivity index (χ2v) is 8.06. The highest BCUT2D eigenvalue weighted by Crippen LogP contribution is 2.38. The minimum Gasteiger partial charge on any atom is -0.349 e. The molecule has 1 aromatic carbocycles. The third-order valence-electron chi connectivity index (χ3n) is 4.72. The van der Waals surface area contributed by atoms with Crippen molar-refractivity contribution in [2.75, 3.05) is 11.4 Å². The van der Waals surface area contributed by atoms with Crippen LogP contribution in [0.3, 0.4) is 0 Å². The maximum Gasteiger partial charge on any atom is 0.302 e. The first-order chi connectivity index (χ1) is 12.9. The summed E-state index contributed by atoms with van der Waals surface area (Å²) < 4.78 is 56.1. The van der Waals surface area contributed by atoms with Gasteiger partial charge in [-0.1, -0.05) is 0 Å². The number of halogens is 2. The number of hydrogen-bond donors (Lipinski definition) is 0. The average molecular weight is 393 g/mol. The molecule has 142 valence electrons. The summed E-state index contributed by atoms with van der Waals surface area (Å²) in [6.07, 6.45) is 4.06. The summed E-state index contributed by atoms with van der Waals surface area (Å²) in [7, 11) is -2.45. The van der Waals surface area contributed by atoms with E-state index in [2.05, 4.69) is 10.2 Å². The molecule has 3 heterocycles. The van der Waals surface area contributed by atoms with E-state index < -0.39 is 27.7 Å². The van der Waals surface area contributed by atoms with Gasteiger partial charge in [0.05, 0.1) is 18.4 Å². The molecule has 3 aromatic rings. The third kappa shape index (κ3) is 2.89.